The van der Waals surface area contributed by atoms with Gasteiger partial charge in [0.15, 0.2) is 0 Å². The number of aromatic nitrogens is 1. The quantitative estimate of drug-likeness (QED) is 0.615. The van der Waals surface area contributed by atoms with E-state index in [0.717, 1.165) is 6.42 Å². The standard InChI is InChI=1S/C18H14ClN/c19-18-11-8-15(13-20-18)12-14-6-9-17(10-7-14)16-4-2-1-3-5-16/h1-11,13H,12H2. The molecule has 1 nitrogen and oxygen atoms in total. The normalized spacial score (nSPS) is 10.4. The lowest BCUT2D eigenvalue weighted by Gasteiger charge is -2.05. The van der Waals surface area contributed by atoms with E-state index in [9.17, 15) is 0 Å². The van der Waals surface area contributed by atoms with Crippen molar-refractivity contribution in [1.29, 1.82) is 0 Å². The smallest absolute Gasteiger partial charge is 0.129 e. The summed E-state index contributed by atoms with van der Waals surface area (Å²) in [6.07, 6.45) is 2.70. The van der Waals surface area contributed by atoms with E-state index in [1.807, 2.05) is 24.4 Å². The van der Waals surface area contributed by atoms with Crippen LogP contribution in [0.25, 0.3) is 11.1 Å². The first-order chi connectivity index (χ1) is 9.81. The summed E-state index contributed by atoms with van der Waals surface area (Å²) in [5.74, 6) is 0. The highest BCUT2D eigenvalue weighted by Crippen LogP contribution is 2.20. The van der Waals surface area contributed by atoms with Gasteiger partial charge < -0.3 is 0 Å². The Morgan fingerprint density at radius 2 is 1.35 bits per heavy atom. The molecule has 20 heavy (non-hydrogen) atoms. The van der Waals surface area contributed by atoms with Crippen molar-refractivity contribution in [1.82, 2.24) is 4.98 Å². The molecule has 0 saturated heterocycles. The maximum Gasteiger partial charge on any atom is 0.129 e. The minimum absolute atomic E-state index is 0.535. The van der Waals surface area contributed by atoms with Crippen LogP contribution < -0.4 is 0 Å². The van der Waals surface area contributed by atoms with Gasteiger partial charge in [-0.25, -0.2) is 4.98 Å². The van der Waals surface area contributed by atoms with E-state index < -0.39 is 0 Å². The predicted molar refractivity (Wildman–Crippen MR) is 83.9 cm³/mol. The van der Waals surface area contributed by atoms with Crippen LogP contribution in [0.15, 0.2) is 72.9 Å². The molecule has 1 aromatic heterocycles. The van der Waals surface area contributed by atoms with Crippen LogP contribution in [0.5, 0.6) is 0 Å². The second-order valence-electron chi connectivity index (χ2n) is 4.73. The van der Waals surface area contributed by atoms with Gasteiger partial charge in [0.2, 0.25) is 0 Å². The van der Waals surface area contributed by atoms with E-state index in [1.54, 1.807) is 0 Å². The second-order valence-corrected chi connectivity index (χ2v) is 5.12. The van der Waals surface area contributed by atoms with Crippen LogP contribution in [0.4, 0.5) is 0 Å². The Hall–Kier alpha value is -2.12. The van der Waals surface area contributed by atoms with Gasteiger partial charge in [-0.1, -0.05) is 72.3 Å². The van der Waals surface area contributed by atoms with Gasteiger partial charge in [0.05, 0.1) is 0 Å². The highest BCUT2D eigenvalue weighted by atomic mass is 35.5. The number of benzene rings is 2. The first kappa shape index (κ1) is 12.9. The summed E-state index contributed by atoms with van der Waals surface area (Å²) < 4.78 is 0. The van der Waals surface area contributed by atoms with E-state index in [-0.39, 0.29) is 0 Å². The fourth-order valence-corrected chi connectivity index (χ4v) is 2.30. The Kier molecular flexibility index (Phi) is 3.80. The van der Waals surface area contributed by atoms with Crippen molar-refractivity contribution in [2.24, 2.45) is 0 Å². The summed E-state index contributed by atoms with van der Waals surface area (Å²) in [6, 6.07) is 22.9. The largest absolute Gasteiger partial charge is 0.244 e. The molecule has 2 aromatic carbocycles. The summed E-state index contributed by atoms with van der Waals surface area (Å²) in [5.41, 5.74) is 4.92. The first-order valence-corrected chi connectivity index (χ1v) is 6.94. The zero-order valence-corrected chi connectivity index (χ0v) is 11.7. The van der Waals surface area contributed by atoms with E-state index in [1.165, 1.54) is 22.3 Å². The molecule has 0 unspecified atom stereocenters. The molecule has 0 fully saturated rings. The topological polar surface area (TPSA) is 12.9 Å². The monoisotopic (exact) mass is 279 g/mol. The zero-order valence-electron chi connectivity index (χ0n) is 11.0. The second kappa shape index (κ2) is 5.89. The molecule has 0 saturated carbocycles. The van der Waals surface area contributed by atoms with Crippen LogP contribution in [-0.4, -0.2) is 4.98 Å². The van der Waals surface area contributed by atoms with Crippen LogP contribution in [0.3, 0.4) is 0 Å². The zero-order chi connectivity index (χ0) is 13.8. The maximum absolute atomic E-state index is 5.79. The molecule has 98 valence electrons. The molecule has 1 heterocycles. The van der Waals surface area contributed by atoms with Gasteiger partial charge in [-0.3, -0.25) is 0 Å². The van der Waals surface area contributed by atoms with Crippen LogP contribution in [0.2, 0.25) is 5.15 Å². The molecular weight excluding hydrogens is 266 g/mol. The van der Waals surface area contributed by atoms with Gasteiger partial charge in [-0.2, -0.15) is 0 Å². The third-order valence-corrected chi connectivity index (χ3v) is 3.48. The highest BCUT2D eigenvalue weighted by molar-refractivity contribution is 6.29. The van der Waals surface area contributed by atoms with E-state index in [0.29, 0.717) is 5.15 Å². The van der Waals surface area contributed by atoms with Gasteiger partial charge in [0, 0.05) is 6.20 Å². The fraction of sp³-hybridized carbons (Fsp3) is 0.0556. The number of halogens is 1. The van der Waals surface area contributed by atoms with Crippen LogP contribution in [0, 0.1) is 0 Å². The molecule has 2 heteroatoms. The van der Waals surface area contributed by atoms with Gasteiger partial charge in [-0.05, 0) is 34.7 Å². The number of nitrogens with zero attached hydrogens (tertiary/aromatic N) is 1. The van der Waals surface area contributed by atoms with Crippen LogP contribution in [-0.2, 0) is 6.42 Å². The van der Waals surface area contributed by atoms with Crippen molar-refractivity contribution < 1.29 is 0 Å². The summed E-state index contributed by atoms with van der Waals surface area (Å²) >= 11 is 5.79. The van der Waals surface area contributed by atoms with Crippen LogP contribution in [0.1, 0.15) is 11.1 Å². The Labute approximate surface area is 123 Å². The van der Waals surface area contributed by atoms with Crippen molar-refractivity contribution in [3.8, 4) is 11.1 Å². The number of hydrogen-bond acceptors (Lipinski definition) is 1. The molecular formula is C18H14ClN. The van der Waals surface area contributed by atoms with Crippen molar-refractivity contribution in [3.05, 3.63) is 89.2 Å². The fourth-order valence-electron chi connectivity index (χ4n) is 2.19. The van der Waals surface area contributed by atoms with Gasteiger partial charge in [-0.15, -0.1) is 0 Å². The Balaban J connectivity index is 1.78. The SMILES string of the molecule is Clc1ccc(Cc2ccc(-c3ccccc3)cc2)cn1. The van der Waals surface area contributed by atoms with Gasteiger partial charge in [0.1, 0.15) is 5.15 Å². The molecule has 0 N–H and O–H groups in total. The van der Waals surface area contributed by atoms with E-state index >= 15 is 0 Å². The molecule has 0 atom stereocenters. The van der Waals surface area contributed by atoms with Crippen molar-refractivity contribution >= 4 is 11.6 Å². The van der Waals surface area contributed by atoms with Crippen LogP contribution >= 0.6 is 11.6 Å². The summed E-state index contributed by atoms with van der Waals surface area (Å²) in [6.45, 7) is 0. The number of rotatable bonds is 3. The lowest BCUT2D eigenvalue weighted by molar-refractivity contribution is 1.15. The predicted octanol–water partition coefficient (Wildman–Crippen LogP) is 4.99. The summed E-state index contributed by atoms with van der Waals surface area (Å²) in [4.78, 5) is 4.11. The molecule has 0 radical (unpaired) electrons. The third kappa shape index (κ3) is 3.06. The molecule has 0 spiro atoms. The molecule has 0 aliphatic carbocycles. The molecule has 0 aliphatic heterocycles. The molecule has 3 aromatic rings. The average molecular weight is 280 g/mol. The minimum atomic E-state index is 0.535. The number of pyridine rings is 1. The molecule has 0 amide bonds. The average Bonchev–Trinajstić information content (AvgIpc) is 2.51. The summed E-state index contributed by atoms with van der Waals surface area (Å²) in [5, 5.41) is 0.535. The maximum atomic E-state index is 5.79. The Bertz CT molecular complexity index is 673. The summed E-state index contributed by atoms with van der Waals surface area (Å²) in [7, 11) is 0. The molecule has 0 bridgehead atoms. The van der Waals surface area contributed by atoms with Crippen molar-refractivity contribution in [3.63, 3.8) is 0 Å². The molecule has 0 aliphatic rings. The van der Waals surface area contributed by atoms with E-state index in [2.05, 4.69) is 53.5 Å². The first-order valence-electron chi connectivity index (χ1n) is 6.56. The van der Waals surface area contributed by atoms with Crippen molar-refractivity contribution in [2.75, 3.05) is 0 Å². The van der Waals surface area contributed by atoms with E-state index in [4.69, 9.17) is 11.6 Å². The highest BCUT2D eigenvalue weighted by Gasteiger charge is 2.00. The number of hydrogen-bond donors (Lipinski definition) is 0. The third-order valence-electron chi connectivity index (χ3n) is 3.26. The van der Waals surface area contributed by atoms with Gasteiger partial charge in [0.25, 0.3) is 0 Å². The van der Waals surface area contributed by atoms with Gasteiger partial charge >= 0.3 is 0 Å². The molecule has 3 rings (SSSR count). The Morgan fingerprint density at radius 1 is 0.700 bits per heavy atom. The van der Waals surface area contributed by atoms with Crippen molar-refractivity contribution in [2.45, 2.75) is 6.42 Å². The Morgan fingerprint density at radius 3 is 2.00 bits per heavy atom. The lowest BCUT2D eigenvalue weighted by Crippen LogP contribution is -1.89. The lowest BCUT2D eigenvalue weighted by atomic mass is 10.0. The minimum Gasteiger partial charge on any atom is -0.244 e.